The van der Waals surface area contributed by atoms with Gasteiger partial charge in [0.05, 0.1) is 6.04 Å². The Balaban J connectivity index is 0.000000640. The van der Waals surface area contributed by atoms with Gasteiger partial charge >= 0.3 is 0 Å². The third-order valence-corrected chi connectivity index (χ3v) is 1.51. The molecule has 1 fully saturated rings. The lowest BCUT2D eigenvalue weighted by molar-refractivity contribution is 0.464. The molecule has 0 aromatic rings. The Morgan fingerprint density at radius 3 is 2.56 bits per heavy atom. The Hall–Kier alpha value is -0.190. The van der Waals surface area contributed by atoms with Crippen LogP contribution in [0.3, 0.4) is 0 Å². The van der Waals surface area contributed by atoms with Gasteiger partial charge < -0.3 is 5.32 Å². The molecule has 0 spiro atoms. The van der Waals surface area contributed by atoms with Crippen molar-refractivity contribution in [3.63, 3.8) is 0 Å². The van der Waals surface area contributed by atoms with Crippen molar-refractivity contribution >= 4 is 12.4 Å². The highest BCUT2D eigenvalue weighted by molar-refractivity contribution is 5.85. The van der Waals surface area contributed by atoms with E-state index in [-0.39, 0.29) is 12.4 Å². The predicted molar refractivity (Wildman–Crippen MR) is 41.7 cm³/mol. The minimum Gasteiger partial charge on any atom is -0.304 e. The summed E-state index contributed by atoms with van der Waals surface area (Å²) in [6.07, 6.45) is 8.94. The maximum absolute atomic E-state index is 5.19. The third-order valence-electron chi connectivity index (χ3n) is 1.51. The maximum Gasteiger partial charge on any atom is 0.0686 e. The fraction of sp³-hybridized carbons (Fsp3) is 0.714. The second kappa shape index (κ2) is 4.67. The Labute approximate surface area is 62.6 Å². The molecule has 0 aromatic carbocycles. The van der Waals surface area contributed by atoms with Crippen LogP contribution in [-0.4, -0.2) is 12.6 Å². The van der Waals surface area contributed by atoms with Gasteiger partial charge in [0.25, 0.3) is 0 Å². The first-order valence-electron chi connectivity index (χ1n) is 3.13. The van der Waals surface area contributed by atoms with Gasteiger partial charge in [-0.1, -0.05) is 5.92 Å². The van der Waals surface area contributed by atoms with Gasteiger partial charge in [0, 0.05) is 0 Å². The Morgan fingerprint density at radius 1 is 1.44 bits per heavy atom. The second-order valence-electron chi connectivity index (χ2n) is 2.17. The molecule has 1 aliphatic heterocycles. The molecule has 0 aliphatic carbocycles. The molecule has 1 atom stereocenters. The van der Waals surface area contributed by atoms with Crippen molar-refractivity contribution in [2.24, 2.45) is 0 Å². The smallest absolute Gasteiger partial charge is 0.0686 e. The minimum atomic E-state index is 0. The third kappa shape index (κ3) is 2.74. The average molecular weight is 146 g/mol. The van der Waals surface area contributed by atoms with E-state index in [0.29, 0.717) is 6.04 Å². The lowest BCUT2D eigenvalue weighted by Gasteiger charge is -2.17. The van der Waals surface area contributed by atoms with Crippen LogP contribution < -0.4 is 5.32 Å². The molecule has 0 aromatic heterocycles. The van der Waals surface area contributed by atoms with E-state index < -0.39 is 0 Å². The van der Waals surface area contributed by atoms with E-state index in [1.165, 1.54) is 12.8 Å². The molecule has 0 saturated carbocycles. The number of rotatable bonds is 0. The lowest BCUT2D eigenvalue weighted by Crippen LogP contribution is -2.32. The summed E-state index contributed by atoms with van der Waals surface area (Å²) >= 11 is 0. The first kappa shape index (κ1) is 8.81. The highest BCUT2D eigenvalue weighted by Gasteiger charge is 2.07. The van der Waals surface area contributed by atoms with E-state index in [1.54, 1.807) is 0 Å². The van der Waals surface area contributed by atoms with Crippen LogP contribution in [0.2, 0.25) is 0 Å². The van der Waals surface area contributed by atoms with Gasteiger partial charge in [-0.25, -0.2) is 0 Å². The van der Waals surface area contributed by atoms with E-state index in [2.05, 4.69) is 11.2 Å². The topological polar surface area (TPSA) is 12.0 Å². The molecule has 0 unspecified atom stereocenters. The number of halogens is 1. The SMILES string of the molecule is C#C[C@@H]1CCCCN1.Cl. The van der Waals surface area contributed by atoms with Crippen LogP contribution >= 0.6 is 12.4 Å². The summed E-state index contributed by atoms with van der Waals surface area (Å²) < 4.78 is 0. The van der Waals surface area contributed by atoms with Gasteiger partial charge in [-0.05, 0) is 25.8 Å². The number of hydrogen-bond donors (Lipinski definition) is 1. The summed E-state index contributed by atoms with van der Waals surface area (Å²) in [6.45, 7) is 1.11. The Morgan fingerprint density at radius 2 is 2.22 bits per heavy atom. The zero-order chi connectivity index (χ0) is 5.82. The van der Waals surface area contributed by atoms with Crippen LogP contribution in [0, 0.1) is 12.3 Å². The van der Waals surface area contributed by atoms with Crippen molar-refractivity contribution in [3.05, 3.63) is 0 Å². The van der Waals surface area contributed by atoms with Crippen LogP contribution in [0.1, 0.15) is 19.3 Å². The zero-order valence-corrected chi connectivity index (χ0v) is 6.21. The normalized spacial score (nSPS) is 25.9. The van der Waals surface area contributed by atoms with Crippen LogP contribution in [0.4, 0.5) is 0 Å². The number of terminal acetylenes is 1. The summed E-state index contributed by atoms with van der Waals surface area (Å²) in [6, 6.07) is 0.365. The first-order valence-corrected chi connectivity index (χ1v) is 3.13. The van der Waals surface area contributed by atoms with Crippen molar-refractivity contribution in [1.82, 2.24) is 5.32 Å². The number of piperidine rings is 1. The molecule has 0 amide bonds. The van der Waals surface area contributed by atoms with Gasteiger partial charge in [-0.2, -0.15) is 0 Å². The van der Waals surface area contributed by atoms with Gasteiger partial charge in [-0.15, -0.1) is 18.8 Å². The second-order valence-corrected chi connectivity index (χ2v) is 2.17. The van der Waals surface area contributed by atoms with Crippen molar-refractivity contribution in [3.8, 4) is 12.3 Å². The van der Waals surface area contributed by atoms with E-state index in [4.69, 9.17) is 6.42 Å². The zero-order valence-electron chi connectivity index (χ0n) is 5.39. The molecule has 2 heteroatoms. The van der Waals surface area contributed by atoms with E-state index in [9.17, 15) is 0 Å². The fourth-order valence-corrected chi connectivity index (χ4v) is 0.994. The Kier molecular flexibility index (Phi) is 4.57. The van der Waals surface area contributed by atoms with Crippen LogP contribution in [0.15, 0.2) is 0 Å². The summed E-state index contributed by atoms with van der Waals surface area (Å²) in [5.41, 5.74) is 0. The molecule has 0 radical (unpaired) electrons. The predicted octanol–water partition coefficient (Wildman–Crippen LogP) is 1.18. The maximum atomic E-state index is 5.19. The van der Waals surface area contributed by atoms with Crippen LogP contribution in [0.25, 0.3) is 0 Å². The molecule has 1 N–H and O–H groups in total. The average Bonchev–Trinajstić information content (AvgIpc) is 1.90. The van der Waals surface area contributed by atoms with Gasteiger partial charge in [-0.3, -0.25) is 0 Å². The number of hydrogen-bond acceptors (Lipinski definition) is 1. The van der Waals surface area contributed by atoms with Gasteiger partial charge in [0.2, 0.25) is 0 Å². The molecule has 1 aliphatic rings. The summed E-state index contributed by atoms with van der Waals surface area (Å²) in [4.78, 5) is 0. The first-order chi connectivity index (χ1) is 3.93. The molecular weight excluding hydrogens is 134 g/mol. The van der Waals surface area contributed by atoms with E-state index in [0.717, 1.165) is 13.0 Å². The largest absolute Gasteiger partial charge is 0.304 e. The van der Waals surface area contributed by atoms with Gasteiger partial charge in [0.15, 0.2) is 0 Å². The molecule has 0 bridgehead atoms. The summed E-state index contributed by atoms with van der Waals surface area (Å²) in [5.74, 6) is 2.69. The van der Waals surface area contributed by atoms with Crippen molar-refractivity contribution in [2.45, 2.75) is 25.3 Å². The van der Waals surface area contributed by atoms with E-state index >= 15 is 0 Å². The van der Waals surface area contributed by atoms with Gasteiger partial charge in [0.1, 0.15) is 0 Å². The van der Waals surface area contributed by atoms with Crippen LogP contribution in [-0.2, 0) is 0 Å². The van der Waals surface area contributed by atoms with Crippen LogP contribution in [0.5, 0.6) is 0 Å². The highest BCUT2D eigenvalue weighted by atomic mass is 35.5. The monoisotopic (exact) mass is 145 g/mol. The van der Waals surface area contributed by atoms with Crippen molar-refractivity contribution in [1.29, 1.82) is 0 Å². The quantitative estimate of drug-likeness (QED) is 0.505. The highest BCUT2D eigenvalue weighted by Crippen LogP contribution is 2.04. The molecule has 1 rings (SSSR count). The molecule has 1 heterocycles. The fourth-order valence-electron chi connectivity index (χ4n) is 0.994. The lowest BCUT2D eigenvalue weighted by atomic mass is 10.1. The molecular formula is C7H12ClN. The molecule has 1 nitrogen and oxygen atoms in total. The summed E-state index contributed by atoms with van der Waals surface area (Å²) in [7, 11) is 0. The van der Waals surface area contributed by atoms with Crippen molar-refractivity contribution in [2.75, 3.05) is 6.54 Å². The standard InChI is InChI=1S/C7H11N.ClH/c1-2-7-5-3-4-6-8-7;/h1,7-8H,3-6H2;1H/t7-;/m1./s1. The molecule has 9 heavy (non-hydrogen) atoms. The molecule has 52 valence electrons. The molecule has 1 saturated heterocycles. The summed E-state index contributed by atoms with van der Waals surface area (Å²) in [5, 5.41) is 3.23. The number of nitrogens with one attached hydrogen (secondary N) is 1. The van der Waals surface area contributed by atoms with Crippen molar-refractivity contribution < 1.29 is 0 Å². The Bertz CT molecular complexity index is 100.0. The van der Waals surface area contributed by atoms with E-state index in [1.807, 2.05) is 0 Å². The minimum absolute atomic E-state index is 0.